The van der Waals surface area contributed by atoms with Crippen LogP contribution in [0.15, 0.2) is 0 Å². The molecule has 1 saturated heterocycles. The second kappa shape index (κ2) is 5.97. The Hall–Kier alpha value is -0.750. The summed E-state index contributed by atoms with van der Waals surface area (Å²) in [6.45, 7) is 0.957. The Morgan fingerprint density at radius 3 is 2.80 bits per heavy atom. The van der Waals surface area contributed by atoms with E-state index in [4.69, 9.17) is 4.74 Å². The Labute approximate surface area is 87.1 Å². The molecule has 0 radical (unpaired) electrons. The molecule has 88 valence electrons. The highest BCUT2D eigenvalue weighted by molar-refractivity contribution is 5.76. The van der Waals surface area contributed by atoms with Crippen molar-refractivity contribution in [3.05, 3.63) is 0 Å². The molecule has 0 aromatic heterocycles. The molecule has 1 aliphatic rings. The maximum Gasteiger partial charge on any atom is 0.323 e. The topological polar surface area (TPSA) is 38.8 Å². The standard InChI is InChI=1S/C9H15F2NO3/c1-14-9(13)7-2-3-12(7)4-5-15-6-8(10)11/h7-8H,2-6H2,1H3. The first-order chi connectivity index (χ1) is 7.15. The van der Waals surface area contributed by atoms with Crippen molar-refractivity contribution in [2.75, 3.05) is 33.4 Å². The number of hydrogen-bond acceptors (Lipinski definition) is 4. The van der Waals surface area contributed by atoms with Crippen LogP contribution in [0.1, 0.15) is 6.42 Å². The van der Waals surface area contributed by atoms with E-state index in [9.17, 15) is 13.6 Å². The molecule has 1 unspecified atom stereocenters. The lowest BCUT2D eigenvalue weighted by atomic mass is 10.0. The summed E-state index contributed by atoms with van der Waals surface area (Å²) in [4.78, 5) is 13.0. The molecule has 6 heteroatoms. The first kappa shape index (κ1) is 12.3. The van der Waals surface area contributed by atoms with Crippen molar-refractivity contribution in [2.24, 2.45) is 0 Å². The van der Waals surface area contributed by atoms with Crippen LogP contribution in [0.4, 0.5) is 8.78 Å². The summed E-state index contributed by atoms with van der Waals surface area (Å²) in [6, 6.07) is -0.217. The van der Waals surface area contributed by atoms with E-state index in [1.165, 1.54) is 7.11 Å². The van der Waals surface area contributed by atoms with Gasteiger partial charge >= 0.3 is 5.97 Å². The fraction of sp³-hybridized carbons (Fsp3) is 0.889. The van der Waals surface area contributed by atoms with Gasteiger partial charge in [0, 0.05) is 13.1 Å². The summed E-state index contributed by atoms with van der Waals surface area (Å²) in [5, 5.41) is 0. The molecule has 0 bridgehead atoms. The zero-order chi connectivity index (χ0) is 11.3. The molecule has 15 heavy (non-hydrogen) atoms. The average molecular weight is 223 g/mol. The number of esters is 1. The Kier molecular flexibility index (Phi) is 4.90. The highest BCUT2D eigenvalue weighted by Crippen LogP contribution is 2.17. The number of rotatable bonds is 6. The molecular weight excluding hydrogens is 208 g/mol. The average Bonchev–Trinajstić information content (AvgIpc) is 2.15. The van der Waals surface area contributed by atoms with Crippen molar-refractivity contribution in [1.82, 2.24) is 4.90 Å². The van der Waals surface area contributed by atoms with Crippen molar-refractivity contribution < 1.29 is 23.0 Å². The second-order valence-electron chi connectivity index (χ2n) is 3.33. The Morgan fingerprint density at radius 1 is 1.60 bits per heavy atom. The summed E-state index contributed by atoms with van der Waals surface area (Å²) < 4.78 is 32.7. The number of methoxy groups -OCH3 is 1. The first-order valence-electron chi connectivity index (χ1n) is 4.83. The number of alkyl halides is 2. The normalized spacial score (nSPS) is 21.5. The molecule has 0 saturated carbocycles. The van der Waals surface area contributed by atoms with Crippen molar-refractivity contribution in [2.45, 2.75) is 18.9 Å². The Balaban J connectivity index is 2.09. The van der Waals surface area contributed by atoms with E-state index >= 15 is 0 Å². The van der Waals surface area contributed by atoms with E-state index in [0.29, 0.717) is 6.54 Å². The highest BCUT2D eigenvalue weighted by atomic mass is 19.3. The van der Waals surface area contributed by atoms with Gasteiger partial charge in [-0.25, -0.2) is 8.78 Å². The third kappa shape index (κ3) is 3.71. The van der Waals surface area contributed by atoms with Crippen LogP contribution in [-0.4, -0.2) is 56.7 Å². The van der Waals surface area contributed by atoms with Crippen LogP contribution in [0.2, 0.25) is 0 Å². The predicted molar refractivity (Wildman–Crippen MR) is 48.8 cm³/mol. The lowest BCUT2D eigenvalue weighted by Crippen LogP contribution is -2.53. The smallest absolute Gasteiger partial charge is 0.323 e. The molecule has 0 amide bonds. The van der Waals surface area contributed by atoms with Crippen LogP contribution in [0, 0.1) is 0 Å². The summed E-state index contributed by atoms with van der Waals surface area (Å²) in [7, 11) is 1.34. The maximum atomic E-state index is 11.7. The maximum absolute atomic E-state index is 11.7. The largest absolute Gasteiger partial charge is 0.468 e. The second-order valence-corrected chi connectivity index (χ2v) is 3.33. The van der Waals surface area contributed by atoms with Gasteiger partial charge in [-0.2, -0.15) is 0 Å². The van der Waals surface area contributed by atoms with Crippen molar-refractivity contribution in [1.29, 1.82) is 0 Å². The first-order valence-corrected chi connectivity index (χ1v) is 4.83. The number of ether oxygens (including phenoxy) is 2. The molecular formula is C9H15F2NO3. The Morgan fingerprint density at radius 2 is 2.33 bits per heavy atom. The summed E-state index contributed by atoms with van der Waals surface area (Å²) in [6.07, 6.45) is -1.67. The lowest BCUT2D eigenvalue weighted by molar-refractivity contribution is -0.152. The minimum Gasteiger partial charge on any atom is -0.468 e. The van der Waals surface area contributed by atoms with Crippen LogP contribution >= 0.6 is 0 Å². The predicted octanol–water partition coefficient (Wildman–Crippen LogP) is 0.515. The fourth-order valence-electron chi connectivity index (χ4n) is 1.47. The van der Waals surface area contributed by atoms with E-state index < -0.39 is 13.0 Å². The number of halogens is 2. The van der Waals surface area contributed by atoms with Crippen molar-refractivity contribution in [3.8, 4) is 0 Å². The molecule has 1 rings (SSSR count). The number of carbonyl (C=O) groups excluding carboxylic acids is 1. The quantitative estimate of drug-likeness (QED) is 0.486. The van der Waals surface area contributed by atoms with Crippen molar-refractivity contribution >= 4 is 5.97 Å². The zero-order valence-electron chi connectivity index (χ0n) is 8.62. The van der Waals surface area contributed by atoms with E-state index in [1.807, 2.05) is 4.90 Å². The van der Waals surface area contributed by atoms with Gasteiger partial charge in [0.25, 0.3) is 6.43 Å². The van der Waals surface area contributed by atoms with E-state index in [-0.39, 0.29) is 18.6 Å². The minimum absolute atomic E-state index is 0.217. The molecule has 1 atom stereocenters. The zero-order valence-corrected chi connectivity index (χ0v) is 8.62. The van der Waals surface area contributed by atoms with Crippen LogP contribution in [0.25, 0.3) is 0 Å². The van der Waals surface area contributed by atoms with E-state index in [0.717, 1.165) is 13.0 Å². The van der Waals surface area contributed by atoms with Gasteiger partial charge in [0.1, 0.15) is 12.6 Å². The summed E-state index contributed by atoms with van der Waals surface area (Å²) in [5.74, 6) is -0.268. The molecule has 0 aromatic rings. The van der Waals surface area contributed by atoms with Gasteiger partial charge in [-0.05, 0) is 6.42 Å². The third-order valence-electron chi connectivity index (χ3n) is 2.37. The number of hydrogen-bond donors (Lipinski definition) is 0. The molecule has 1 fully saturated rings. The van der Waals surface area contributed by atoms with Gasteiger partial charge in [0.2, 0.25) is 0 Å². The number of likely N-dealkylation sites (tertiary alicyclic amines) is 1. The molecule has 0 spiro atoms. The number of carbonyl (C=O) groups is 1. The molecule has 0 N–H and O–H groups in total. The SMILES string of the molecule is COC(=O)C1CCN1CCOCC(F)F. The van der Waals surface area contributed by atoms with Gasteiger partial charge in [-0.3, -0.25) is 9.69 Å². The monoisotopic (exact) mass is 223 g/mol. The summed E-state index contributed by atoms with van der Waals surface area (Å²) in [5.41, 5.74) is 0. The molecule has 0 aliphatic carbocycles. The molecule has 0 aromatic carbocycles. The van der Waals surface area contributed by atoms with E-state index in [1.54, 1.807) is 0 Å². The Bertz CT molecular complexity index is 214. The lowest BCUT2D eigenvalue weighted by Gasteiger charge is -2.38. The molecule has 1 aliphatic heterocycles. The van der Waals surface area contributed by atoms with Gasteiger partial charge in [-0.15, -0.1) is 0 Å². The third-order valence-corrected chi connectivity index (χ3v) is 2.37. The number of nitrogens with zero attached hydrogens (tertiary/aromatic N) is 1. The van der Waals surface area contributed by atoms with Crippen LogP contribution in [0.5, 0.6) is 0 Å². The van der Waals surface area contributed by atoms with Crippen LogP contribution < -0.4 is 0 Å². The van der Waals surface area contributed by atoms with Gasteiger partial charge in [-0.1, -0.05) is 0 Å². The molecule has 1 heterocycles. The highest BCUT2D eigenvalue weighted by Gasteiger charge is 2.34. The van der Waals surface area contributed by atoms with Gasteiger partial charge < -0.3 is 9.47 Å². The van der Waals surface area contributed by atoms with Gasteiger partial charge in [0.15, 0.2) is 0 Å². The van der Waals surface area contributed by atoms with Crippen LogP contribution in [0.3, 0.4) is 0 Å². The van der Waals surface area contributed by atoms with E-state index in [2.05, 4.69) is 4.74 Å². The molecule has 4 nitrogen and oxygen atoms in total. The fourth-order valence-corrected chi connectivity index (χ4v) is 1.47. The minimum atomic E-state index is -2.43. The van der Waals surface area contributed by atoms with Gasteiger partial charge in [0.05, 0.1) is 13.7 Å². The summed E-state index contributed by atoms with van der Waals surface area (Å²) >= 11 is 0. The van der Waals surface area contributed by atoms with Crippen molar-refractivity contribution in [3.63, 3.8) is 0 Å². The van der Waals surface area contributed by atoms with Crippen LogP contribution in [-0.2, 0) is 14.3 Å².